The number of methoxy groups -OCH3 is 2. The number of benzene rings is 1. The predicted octanol–water partition coefficient (Wildman–Crippen LogP) is 1.85. The molecule has 0 radical (unpaired) electrons. The van der Waals surface area contributed by atoms with Crippen molar-refractivity contribution < 1.29 is 19.0 Å². The summed E-state index contributed by atoms with van der Waals surface area (Å²) in [5.41, 5.74) is 1.45. The third-order valence-corrected chi connectivity index (χ3v) is 4.30. The molecule has 0 bridgehead atoms. The lowest BCUT2D eigenvalue weighted by Crippen LogP contribution is -2.37. The van der Waals surface area contributed by atoms with Crippen LogP contribution in [-0.2, 0) is 4.74 Å². The van der Waals surface area contributed by atoms with Crippen molar-refractivity contribution in [2.24, 2.45) is 0 Å². The van der Waals surface area contributed by atoms with Crippen molar-refractivity contribution in [2.45, 2.75) is 19.8 Å². The van der Waals surface area contributed by atoms with Crippen molar-refractivity contribution >= 4 is 5.91 Å². The van der Waals surface area contributed by atoms with Crippen LogP contribution in [0.4, 0.5) is 0 Å². The molecule has 1 fully saturated rings. The Hall–Kier alpha value is -1.79. The molecular formula is C18H28N2O4. The van der Waals surface area contributed by atoms with Crippen molar-refractivity contribution in [1.82, 2.24) is 10.2 Å². The topological polar surface area (TPSA) is 60.0 Å². The summed E-state index contributed by atoms with van der Waals surface area (Å²) < 4.78 is 16.0. The van der Waals surface area contributed by atoms with E-state index in [9.17, 15) is 4.79 Å². The van der Waals surface area contributed by atoms with Crippen LogP contribution in [-0.4, -0.2) is 64.4 Å². The number of carbonyl (C=O) groups is 1. The van der Waals surface area contributed by atoms with E-state index in [1.54, 1.807) is 26.4 Å². The quantitative estimate of drug-likeness (QED) is 0.734. The number of hydrogen-bond donors (Lipinski definition) is 1. The van der Waals surface area contributed by atoms with Crippen LogP contribution in [0.5, 0.6) is 11.5 Å². The third kappa shape index (κ3) is 5.11. The molecule has 1 aliphatic rings. The minimum Gasteiger partial charge on any atom is -0.496 e. The van der Waals surface area contributed by atoms with Crippen LogP contribution in [0, 0.1) is 6.92 Å². The first-order valence-electron chi connectivity index (χ1n) is 8.46. The fraction of sp³-hybridized carbons (Fsp3) is 0.611. The van der Waals surface area contributed by atoms with E-state index in [0.29, 0.717) is 23.6 Å². The van der Waals surface area contributed by atoms with E-state index in [-0.39, 0.29) is 5.91 Å². The molecule has 6 heteroatoms. The molecule has 1 saturated heterocycles. The Morgan fingerprint density at radius 3 is 2.38 bits per heavy atom. The summed E-state index contributed by atoms with van der Waals surface area (Å²) in [4.78, 5) is 14.7. The van der Waals surface area contributed by atoms with Crippen LogP contribution in [0.15, 0.2) is 12.1 Å². The van der Waals surface area contributed by atoms with Crippen LogP contribution in [0.1, 0.15) is 28.8 Å². The van der Waals surface area contributed by atoms with E-state index in [1.165, 1.54) is 0 Å². The Balaban J connectivity index is 1.77. The molecule has 0 aliphatic carbocycles. The normalized spacial score (nSPS) is 15.1. The number of hydrogen-bond acceptors (Lipinski definition) is 5. The highest BCUT2D eigenvalue weighted by Gasteiger charge is 2.13. The summed E-state index contributed by atoms with van der Waals surface area (Å²) in [6, 6.07) is 3.50. The molecule has 1 amide bonds. The molecule has 24 heavy (non-hydrogen) atoms. The van der Waals surface area contributed by atoms with Gasteiger partial charge in [0, 0.05) is 30.8 Å². The van der Waals surface area contributed by atoms with Gasteiger partial charge in [-0.25, -0.2) is 0 Å². The average molecular weight is 336 g/mol. The first-order valence-corrected chi connectivity index (χ1v) is 8.46. The Bertz CT molecular complexity index is 517. The number of carbonyl (C=O) groups excluding carboxylic acids is 1. The standard InChI is InChI=1S/C18H28N2O4/c1-14-16(22-2)12-15(13-17(14)23-3)18(21)19-6-4-5-7-20-8-10-24-11-9-20/h12-13H,4-11H2,1-3H3,(H,19,21). The van der Waals surface area contributed by atoms with Crippen molar-refractivity contribution in [3.8, 4) is 11.5 Å². The zero-order valence-electron chi connectivity index (χ0n) is 14.9. The van der Waals surface area contributed by atoms with Crippen molar-refractivity contribution in [3.05, 3.63) is 23.3 Å². The second-order valence-corrected chi connectivity index (χ2v) is 5.92. The monoisotopic (exact) mass is 336 g/mol. The molecule has 1 aliphatic heterocycles. The first-order chi connectivity index (χ1) is 11.7. The second kappa shape index (κ2) is 9.49. The van der Waals surface area contributed by atoms with Gasteiger partial charge in [0.2, 0.25) is 0 Å². The predicted molar refractivity (Wildman–Crippen MR) is 93.1 cm³/mol. The van der Waals surface area contributed by atoms with Crippen LogP contribution in [0.25, 0.3) is 0 Å². The fourth-order valence-corrected chi connectivity index (χ4v) is 2.81. The average Bonchev–Trinajstić information content (AvgIpc) is 2.62. The maximum Gasteiger partial charge on any atom is 0.251 e. The minimum atomic E-state index is -0.0991. The molecule has 134 valence electrons. The summed E-state index contributed by atoms with van der Waals surface area (Å²) in [6.45, 7) is 7.31. The lowest BCUT2D eigenvalue weighted by molar-refractivity contribution is 0.0372. The van der Waals surface area contributed by atoms with Gasteiger partial charge in [0.25, 0.3) is 5.91 Å². The van der Waals surface area contributed by atoms with Crippen molar-refractivity contribution in [1.29, 1.82) is 0 Å². The molecule has 1 heterocycles. The van der Waals surface area contributed by atoms with Crippen LogP contribution in [0.3, 0.4) is 0 Å². The Labute approximate surface area is 144 Å². The fourth-order valence-electron chi connectivity index (χ4n) is 2.81. The van der Waals surface area contributed by atoms with Gasteiger partial charge < -0.3 is 19.5 Å². The SMILES string of the molecule is COc1cc(C(=O)NCCCCN2CCOCC2)cc(OC)c1C. The molecule has 6 nitrogen and oxygen atoms in total. The first kappa shape index (κ1) is 18.5. The van der Waals surface area contributed by atoms with Gasteiger partial charge in [0.1, 0.15) is 11.5 Å². The van der Waals surface area contributed by atoms with Gasteiger partial charge in [-0.1, -0.05) is 0 Å². The number of morpholine rings is 1. The van der Waals surface area contributed by atoms with E-state index in [4.69, 9.17) is 14.2 Å². The van der Waals surface area contributed by atoms with Crippen molar-refractivity contribution in [3.63, 3.8) is 0 Å². The molecule has 2 rings (SSSR count). The summed E-state index contributed by atoms with van der Waals surface area (Å²) in [7, 11) is 3.18. The smallest absolute Gasteiger partial charge is 0.251 e. The van der Waals surface area contributed by atoms with E-state index in [1.807, 2.05) is 6.92 Å². The van der Waals surface area contributed by atoms with E-state index in [2.05, 4.69) is 10.2 Å². The molecule has 0 saturated carbocycles. The molecule has 0 spiro atoms. The van der Waals surface area contributed by atoms with E-state index < -0.39 is 0 Å². The Morgan fingerprint density at radius 2 is 1.79 bits per heavy atom. The van der Waals surface area contributed by atoms with Gasteiger partial charge in [-0.05, 0) is 38.4 Å². The highest BCUT2D eigenvalue weighted by Crippen LogP contribution is 2.29. The van der Waals surface area contributed by atoms with Gasteiger partial charge >= 0.3 is 0 Å². The highest BCUT2D eigenvalue weighted by atomic mass is 16.5. The highest BCUT2D eigenvalue weighted by molar-refractivity contribution is 5.95. The number of nitrogens with zero attached hydrogens (tertiary/aromatic N) is 1. The molecule has 1 N–H and O–H groups in total. The largest absolute Gasteiger partial charge is 0.496 e. The summed E-state index contributed by atoms with van der Waals surface area (Å²) in [5.74, 6) is 1.22. The molecule has 0 aromatic heterocycles. The zero-order chi connectivity index (χ0) is 17.4. The summed E-state index contributed by atoms with van der Waals surface area (Å²) in [6.07, 6.45) is 2.03. The van der Waals surface area contributed by atoms with Crippen LogP contribution >= 0.6 is 0 Å². The second-order valence-electron chi connectivity index (χ2n) is 5.92. The molecular weight excluding hydrogens is 308 g/mol. The van der Waals surface area contributed by atoms with Crippen LogP contribution in [0.2, 0.25) is 0 Å². The zero-order valence-corrected chi connectivity index (χ0v) is 14.9. The van der Waals surface area contributed by atoms with Gasteiger partial charge in [-0.2, -0.15) is 0 Å². The lowest BCUT2D eigenvalue weighted by atomic mass is 10.1. The Kier molecular flexibility index (Phi) is 7.34. The lowest BCUT2D eigenvalue weighted by Gasteiger charge is -2.26. The Morgan fingerprint density at radius 1 is 1.17 bits per heavy atom. The molecule has 0 unspecified atom stereocenters. The minimum absolute atomic E-state index is 0.0991. The molecule has 0 atom stereocenters. The maximum absolute atomic E-state index is 12.3. The number of ether oxygens (including phenoxy) is 3. The number of rotatable bonds is 8. The summed E-state index contributed by atoms with van der Waals surface area (Å²) >= 11 is 0. The number of nitrogens with one attached hydrogen (secondary N) is 1. The van der Waals surface area contributed by atoms with Gasteiger partial charge in [0.05, 0.1) is 27.4 Å². The van der Waals surface area contributed by atoms with Gasteiger partial charge in [-0.3, -0.25) is 9.69 Å². The third-order valence-electron chi connectivity index (χ3n) is 4.30. The molecule has 1 aromatic carbocycles. The summed E-state index contributed by atoms with van der Waals surface area (Å²) in [5, 5.41) is 2.97. The number of unbranched alkanes of at least 4 members (excludes halogenated alkanes) is 1. The number of amides is 1. The maximum atomic E-state index is 12.3. The van der Waals surface area contributed by atoms with Crippen LogP contribution < -0.4 is 14.8 Å². The van der Waals surface area contributed by atoms with Gasteiger partial charge in [-0.15, -0.1) is 0 Å². The van der Waals surface area contributed by atoms with E-state index in [0.717, 1.165) is 51.3 Å². The van der Waals surface area contributed by atoms with Crippen molar-refractivity contribution in [2.75, 3.05) is 53.6 Å². The van der Waals surface area contributed by atoms with E-state index >= 15 is 0 Å². The molecule has 1 aromatic rings. The van der Waals surface area contributed by atoms with Gasteiger partial charge in [0.15, 0.2) is 0 Å².